The van der Waals surface area contributed by atoms with Gasteiger partial charge < -0.3 is 10.2 Å². The monoisotopic (exact) mass is 530 g/mol. The molecule has 6 rings (SSSR count). The summed E-state index contributed by atoms with van der Waals surface area (Å²) in [5, 5.41) is 3.60. The second kappa shape index (κ2) is 8.86. The summed E-state index contributed by atoms with van der Waals surface area (Å²) < 4.78 is 0. The summed E-state index contributed by atoms with van der Waals surface area (Å²) >= 11 is 0. The van der Waals surface area contributed by atoms with Gasteiger partial charge in [-0.1, -0.05) is 76.9 Å². The maximum Gasteiger partial charge on any atom is 0.317 e. The van der Waals surface area contributed by atoms with E-state index in [9.17, 15) is 4.79 Å². The Kier molecular flexibility index (Phi) is 6.23. The molecule has 3 nitrogen and oxygen atoms in total. The SMILES string of the molecule is Cc1ccc(C2=CCC3(C)C(CCC4(C)C3CCC3C5CCCC5(NC(=O)N(C)C)CC[C@]34C)C2(C)C)cc1. The number of rotatable bonds is 2. The number of urea groups is 1. The Morgan fingerprint density at radius 1 is 0.821 bits per heavy atom. The van der Waals surface area contributed by atoms with Crippen LogP contribution in [0.15, 0.2) is 30.3 Å². The Hall–Kier alpha value is -1.77. The maximum atomic E-state index is 12.9. The van der Waals surface area contributed by atoms with Gasteiger partial charge in [0.15, 0.2) is 0 Å². The van der Waals surface area contributed by atoms with Crippen LogP contribution in [0, 0.1) is 52.3 Å². The van der Waals surface area contributed by atoms with Gasteiger partial charge >= 0.3 is 6.03 Å². The molecule has 39 heavy (non-hydrogen) atoms. The van der Waals surface area contributed by atoms with Gasteiger partial charge in [-0.3, -0.25) is 0 Å². The molecule has 8 atom stereocenters. The number of benzene rings is 1. The van der Waals surface area contributed by atoms with Crippen LogP contribution in [-0.2, 0) is 0 Å². The maximum absolute atomic E-state index is 12.9. The number of aryl methyl sites for hydroxylation is 1. The van der Waals surface area contributed by atoms with Crippen LogP contribution in [0.5, 0.6) is 0 Å². The topological polar surface area (TPSA) is 32.3 Å². The van der Waals surface area contributed by atoms with Crippen molar-refractivity contribution in [1.29, 1.82) is 0 Å². The molecule has 7 unspecified atom stereocenters. The van der Waals surface area contributed by atoms with Crippen molar-refractivity contribution in [3.8, 4) is 0 Å². The molecule has 2 amide bonds. The van der Waals surface area contributed by atoms with E-state index in [1.165, 1.54) is 68.9 Å². The third-order valence-corrected chi connectivity index (χ3v) is 14.1. The number of carbonyl (C=O) groups excluding carboxylic acids is 1. The minimum atomic E-state index is 0.0222. The van der Waals surface area contributed by atoms with E-state index in [0.717, 1.165) is 24.2 Å². The highest BCUT2D eigenvalue weighted by molar-refractivity contribution is 5.74. The van der Waals surface area contributed by atoms with Crippen molar-refractivity contribution < 1.29 is 4.79 Å². The standard InChI is InChI=1S/C36H54N2O/c1-24-11-13-25(14-12-24)26-17-20-33(4)29(32(26,2)3)18-21-35(6)30(33)16-15-27-28-10-9-19-36(28,23-22-34(27,35)5)37-31(39)38(7)8/h11-14,17,27-30H,9-10,15-16,18-23H2,1-8H3,(H,37,39)/t27?,28?,29?,30?,33?,34-,35?,36?/m1/s1. The predicted molar refractivity (Wildman–Crippen MR) is 162 cm³/mol. The summed E-state index contributed by atoms with van der Waals surface area (Å²) in [7, 11) is 3.78. The Labute approximate surface area is 238 Å². The molecule has 0 spiro atoms. The van der Waals surface area contributed by atoms with Gasteiger partial charge in [-0.15, -0.1) is 0 Å². The van der Waals surface area contributed by atoms with Crippen molar-refractivity contribution in [2.45, 2.75) is 111 Å². The quantitative estimate of drug-likeness (QED) is 0.407. The molecule has 1 aromatic carbocycles. The van der Waals surface area contributed by atoms with Gasteiger partial charge in [0.1, 0.15) is 0 Å². The molecule has 0 heterocycles. The molecule has 214 valence electrons. The minimum Gasteiger partial charge on any atom is -0.332 e. The van der Waals surface area contributed by atoms with Crippen molar-refractivity contribution in [1.82, 2.24) is 10.2 Å². The smallest absolute Gasteiger partial charge is 0.317 e. The van der Waals surface area contributed by atoms with Gasteiger partial charge in [0.25, 0.3) is 0 Å². The largest absolute Gasteiger partial charge is 0.332 e. The molecule has 5 aliphatic rings. The van der Waals surface area contributed by atoms with Crippen LogP contribution in [0.2, 0.25) is 0 Å². The molecule has 4 fully saturated rings. The number of hydrogen-bond donors (Lipinski definition) is 1. The summed E-state index contributed by atoms with van der Waals surface area (Å²) in [6.45, 7) is 15.4. The fourth-order valence-electron chi connectivity index (χ4n) is 11.9. The van der Waals surface area contributed by atoms with E-state index in [0.29, 0.717) is 22.2 Å². The summed E-state index contributed by atoms with van der Waals surface area (Å²) in [6, 6.07) is 9.39. The Morgan fingerprint density at radius 3 is 2.23 bits per heavy atom. The van der Waals surface area contributed by atoms with Crippen molar-refractivity contribution >= 4 is 11.6 Å². The first-order valence-corrected chi connectivity index (χ1v) is 16.1. The van der Waals surface area contributed by atoms with Crippen LogP contribution < -0.4 is 5.32 Å². The minimum absolute atomic E-state index is 0.0222. The number of hydrogen-bond acceptors (Lipinski definition) is 1. The lowest BCUT2D eigenvalue weighted by Gasteiger charge is -2.72. The average Bonchev–Trinajstić information content (AvgIpc) is 3.28. The lowest BCUT2D eigenvalue weighted by atomic mass is 9.33. The number of carbonyl (C=O) groups is 1. The van der Waals surface area contributed by atoms with E-state index >= 15 is 0 Å². The zero-order valence-corrected chi connectivity index (χ0v) is 26.1. The van der Waals surface area contributed by atoms with Crippen molar-refractivity contribution in [3.63, 3.8) is 0 Å². The van der Waals surface area contributed by atoms with E-state index in [1.54, 1.807) is 10.5 Å². The highest BCUT2D eigenvalue weighted by atomic mass is 16.2. The molecule has 1 N–H and O–H groups in total. The zero-order valence-electron chi connectivity index (χ0n) is 26.1. The van der Waals surface area contributed by atoms with Crippen LogP contribution in [0.25, 0.3) is 5.57 Å². The molecule has 5 aliphatic carbocycles. The van der Waals surface area contributed by atoms with E-state index in [4.69, 9.17) is 0 Å². The number of nitrogens with zero attached hydrogens (tertiary/aromatic N) is 1. The van der Waals surface area contributed by atoms with Gasteiger partial charge in [-0.2, -0.15) is 0 Å². The average molecular weight is 531 g/mol. The summed E-state index contributed by atoms with van der Waals surface area (Å²) in [5.74, 6) is 2.86. The summed E-state index contributed by atoms with van der Waals surface area (Å²) in [4.78, 5) is 14.6. The Morgan fingerprint density at radius 2 is 1.54 bits per heavy atom. The van der Waals surface area contributed by atoms with Gasteiger partial charge in [-0.25, -0.2) is 4.79 Å². The van der Waals surface area contributed by atoms with Crippen molar-refractivity contribution in [2.24, 2.45) is 45.3 Å². The number of allylic oxidation sites excluding steroid dienone is 2. The van der Waals surface area contributed by atoms with Gasteiger partial charge in [0.2, 0.25) is 0 Å². The fraction of sp³-hybridized carbons (Fsp3) is 0.750. The van der Waals surface area contributed by atoms with Crippen LogP contribution >= 0.6 is 0 Å². The van der Waals surface area contributed by atoms with Crippen LogP contribution in [0.3, 0.4) is 0 Å². The predicted octanol–water partition coefficient (Wildman–Crippen LogP) is 8.87. The first kappa shape index (κ1) is 27.4. The van der Waals surface area contributed by atoms with Crippen molar-refractivity contribution in [2.75, 3.05) is 14.1 Å². The fourth-order valence-corrected chi connectivity index (χ4v) is 11.9. The van der Waals surface area contributed by atoms with E-state index in [1.807, 2.05) is 14.1 Å². The number of nitrogens with one attached hydrogen (secondary N) is 1. The molecule has 1 aromatic rings. The van der Waals surface area contributed by atoms with Gasteiger partial charge in [0.05, 0.1) is 0 Å². The molecule has 0 aliphatic heterocycles. The molecule has 0 bridgehead atoms. The molecule has 3 heteroatoms. The normalized spacial score (nSPS) is 44.3. The lowest BCUT2D eigenvalue weighted by Crippen LogP contribution is -2.68. The Bertz CT molecular complexity index is 1160. The number of fused-ring (bicyclic) bond motifs is 7. The first-order valence-electron chi connectivity index (χ1n) is 16.1. The van der Waals surface area contributed by atoms with E-state index in [2.05, 4.69) is 77.2 Å². The van der Waals surface area contributed by atoms with E-state index in [-0.39, 0.29) is 17.0 Å². The Balaban J connectivity index is 1.33. The third kappa shape index (κ3) is 3.69. The zero-order chi connectivity index (χ0) is 28.0. The lowest BCUT2D eigenvalue weighted by molar-refractivity contribution is -0.216. The third-order valence-electron chi connectivity index (χ3n) is 14.1. The molecule has 0 aromatic heterocycles. The van der Waals surface area contributed by atoms with Crippen LogP contribution in [0.1, 0.15) is 110 Å². The van der Waals surface area contributed by atoms with Gasteiger partial charge in [-0.05, 0) is 121 Å². The molecular formula is C36H54N2O. The highest BCUT2D eigenvalue weighted by Crippen LogP contribution is 2.76. The van der Waals surface area contributed by atoms with Crippen LogP contribution in [-0.4, -0.2) is 30.6 Å². The first-order chi connectivity index (χ1) is 18.3. The molecule has 0 saturated heterocycles. The molecular weight excluding hydrogens is 476 g/mol. The molecule has 4 saturated carbocycles. The van der Waals surface area contributed by atoms with Gasteiger partial charge in [0, 0.05) is 19.6 Å². The second-order valence-corrected chi connectivity index (χ2v) is 16.1. The highest BCUT2D eigenvalue weighted by Gasteiger charge is 2.69. The van der Waals surface area contributed by atoms with Crippen LogP contribution in [0.4, 0.5) is 4.79 Å². The summed E-state index contributed by atoms with van der Waals surface area (Å²) in [6.07, 6.45) is 15.5. The molecule has 0 radical (unpaired) electrons. The summed E-state index contributed by atoms with van der Waals surface area (Å²) in [5.41, 5.74) is 5.64. The van der Waals surface area contributed by atoms with E-state index < -0.39 is 0 Å². The van der Waals surface area contributed by atoms with Crippen molar-refractivity contribution in [3.05, 3.63) is 41.5 Å². The second-order valence-electron chi connectivity index (χ2n) is 16.1. The number of amides is 2.